The highest BCUT2D eigenvalue weighted by Crippen LogP contribution is 2.29. The van der Waals surface area contributed by atoms with Gasteiger partial charge in [-0.25, -0.2) is 4.98 Å². The maximum absolute atomic E-state index is 9.00. The lowest BCUT2D eigenvalue weighted by Crippen LogP contribution is -1.99. The van der Waals surface area contributed by atoms with Crippen molar-refractivity contribution in [1.82, 2.24) is 4.98 Å². The first-order valence-electron chi connectivity index (χ1n) is 6.49. The average Bonchev–Trinajstić information content (AvgIpc) is 2.45. The molecule has 0 saturated carbocycles. The van der Waals surface area contributed by atoms with Gasteiger partial charge in [0, 0.05) is 10.9 Å². The van der Waals surface area contributed by atoms with Crippen molar-refractivity contribution >= 4 is 10.9 Å². The summed E-state index contributed by atoms with van der Waals surface area (Å²) in [7, 11) is 1.65. The fraction of sp³-hybridized carbons (Fsp3) is 0.375. The Kier molecular flexibility index (Phi) is 3.71. The summed E-state index contributed by atoms with van der Waals surface area (Å²) in [5, 5.41) is 10.1. The third kappa shape index (κ3) is 2.26. The largest absolute Gasteiger partial charge is 0.481 e. The Morgan fingerprint density at radius 1 is 1.42 bits per heavy atom. The molecule has 3 nitrogen and oxygen atoms in total. The van der Waals surface area contributed by atoms with E-state index >= 15 is 0 Å². The van der Waals surface area contributed by atoms with Crippen LogP contribution in [0.15, 0.2) is 18.2 Å². The van der Waals surface area contributed by atoms with Crippen LogP contribution < -0.4 is 4.74 Å². The highest BCUT2D eigenvalue weighted by atomic mass is 16.5. The van der Waals surface area contributed by atoms with E-state index in [-0.39, 0.29) is 5.92 Å². The van der Waals surface area contributed by atoms with Gasteiger partial charge in [-0.15, -0.1) is 0 Å². The van der Waals surface area contributed by atoms with Gasteiger partial charge in [-0.3, -0.25) is 0 Å². The minimum absolute atomic E-state index is 0.122. The van der Waals surface area contributed by atoms with E-state index in [1.807, 2.05) is 19.1 Å². The number of benzene rings is 1. The number of fused-ring (bicyclic) bond motifs is 1. The van der Waals surface area contributed by atoms with Crippen LogP contribution >= 0.6 is 0 Å². The van der Waals surface area contributed by atoms with Crippen LogP contribution in [0.4, 0.5) is 0 Å². The summed E-state index contributed by atoms with van der Waals surface area (Å²) < 4.78 is 5.38. The van der Waals surface area contributed by atoms with Crippen LogP contribution in [0.1, 0.15) is 36.5 Å². The topological polar surface area (TPSA) is 45.9 Å². The van der Waals surface area contributed by atoms with Crippen molar-refractivity contribution < 1.29 is 4.74 Å². The second-order valence-corrected chi connectivity index (χ2v) is 4.71. The van der Waals surface area contributed by atoms with E-state index in [4.69, 9.17) is 10.00 Å². The van der Waals surface area contributed by atoms with Crippen molar-refractivity contribution in [3.05, 3.63) is 34.9 Å². The molecule has 0 aliphatic carbocycles. The molecule has 0 amide bonds. The number of nitriles is 1. The third-order valence-corrected chi connectivity index (χ3v) is 3.60. The molecule has 0 aliphatic heterocycles. The fourth-order valence-electron chi connectivity index (χ4n) is 2.39. The molecule has 2 rings (SSSR count). The van der Waals surface area contributed by atoms with Crippen LogP contribution in [0.25, 0.3) is 10.9 Å². The zero-order valence-electron chi connectivity index (χ0n) is 11.8. The van der Waals surface area contributed by atoms with E-state index < -0.39 is 0 Å². The minimum atomic E-state index is -0.122. The smallest absolute Gasteiger partial charge is 0.217 e. The first-order chi connectivity index (χ1) is 9.12. The van der Waals surface area contributed by atoms with E-state index in [1.165, 1.54) is 5.56 Å². The quantitative estimate of drug-likeness (QED) is 0.838. The van der Waals surface area contributed by atoms with Crippen molar-refractivity contribution in [2.24, 2.45) is 0 Å². The Balaban J connectivity index is 2.71. The number of ether oxygens (including phenoxy) is 1. The Bertz CT molecular complexity index is 656. The van der Waals surface area contributed by atoms with Gasteiger partial charge in [0.15, 0.2) is 0 Å². The molecule has 2 aromatic rings. The predicted octanol–water partition coefficient (Wildman–Crippen LogP) is 3.74. The van der Waals surface area contributed by atoms with Gasteiger partial charge in [-0.05, 0) is 37.5 Å². The summed E-state index contributed by atoms with van der Waals surface area (Å²) in [6.07, 6.45) is 0.897. The van der Waals surface area contributed by atoms with Crippen molar-refractivity contribution in [2.45, 2.75) is 33.1 Å². The van der Waals surface area contributed by atoms with Gasteiger partial charge in [-0.1, -0.05) is 19.1 Å². The molecule has 1 atom stereocenters. The Morgan fingerprint density at radius 2 is 2.16 bits per heavy atom. The number of aromatic nitrogens is 1. The number of rotatable bonds is 3. The lowest BCUT2D eigenvalue weighted by atomic mass is 9.97. The molecule has 1 unspecified atom stereocenters. The van der Waals surface area contributed by atoms with Crippen LogP contribution in [-0.4, -0.2) is 12.1 Å². The lowest BCUT2D eigenvalue weighted by molar-refractivity contribution is 0.394. The second-order valence-electron chi connectivity index (χ2n) is 4.71. The van der Waals surface area contributed by atoms with E-state index in [0.29, 0.717) is 5.88 Å². The monoisotopic (exact) mass is 254 g/mol. The van der Waals surface area contributed by atoms with Crippen molar-refractivity contribution in [2.75, 3.05) is 7.11 Å². The van der Waals surface area contributed by atoms with Gasteiger partial charge in [0.25, 0.3) is 0 Å². The zero-order valence-corrected chi connectivity index (χ0v) is 11.8. The van der Waals surface area contributed by atoms with E-state index in [2.05, 4.69) is 31.0 Å². The summed E-state index contributed by atoms with van der Waals surface area (Å²) in [4.78, 5) is 4.57. The van der Waals surface area contributed by atoms with Crippen LogP contribution in [0.2, 0.25) is 0 Å². The number of hydrogen-bond acceptors (Lipinski definition) is 3. The van der Waals surface area contributed by atoms with Crippen molar-refractivity contribution in [3.63, 3.8) is 0 Å². The summed E-state index contributed by atoms with van der Waals surface area (Å²) in [6, 6.07) is 8.30. The van der Waals surface area contributed by atoms with E-state index in [1.54, 1.807) is 7.11 Å². The van der Waals surface area contributed by atoms with Gasteiger partial charge in [0.1, 0.15) is 0 Å². The van der Waals surface area contributed by atoms with Crippen LogP contribution in [0.5, 0.6) is 5.88 Å². The molecule has 1 aromatic carbocycles. The zero-order chi connectivity index (χ0) is 14.0. The molecule has 1 aromatic heterocycles. The molecule has 0 N–H and O–H groups in total. The number of pyridine rings is 1. The molecule has 0 bridgehead atoms. The Labute approximate surface area is 113 Å². The maximum atomic E-state index is 9.00. The van der Waals surface area contributed by atoms with Gasteiger partial charge >= 0.3 is 0 Å². The molecule has 0 spiro atoms. The highest BCUT2D eigenvalue weighted by molar-refractivity contribution is 5.85. The Hall–Kier alpha value is -2.08. The maximum Gasteiger partial charge on any atom is 0.217 e. The molecule has 0 fully saturated rings. The standard InChI is InChI=1S/C16H18N2O/c1-5-13-11(3)14-7-6-12(10(2)9-17)8-15(14)18-16(13)19-4/h6-8,10H,5H2,1-4H3. The predicted molar refractivity (Wildman–Crippen MR) is 76.4 cm³/mol. The average molecular weight is 254 g/mol. The van der Waals surface area contributed by atoms with Gasteiger partial charge in [-0.2, -0.15) is 5.26 Å². The summed E-state index contributed by atoms with van der Waals surface area (Å²) in [6.45, 7) is 6.09. The molecule has 19 heavy (non-hydrogen) atoms. The molecular weight excluding hydrogens is 236 g/mol. The first-order valence-corrected chi connectivity index (χ1v) is 6.49. The second kappa shape index (κ2) is 5.27. The number of nitrogens with zero attached hydrogens (tertiary/aromatic N) is 2. The molecule has 0 radical (unpaired) electrons. The van der Waals surface area contributed by atoms with Crippen LogP contribution in [-0.2, 0) is 6.42 Å². The van der Waals surface area contributed by atoms with Gasteiger partial charge in [0.2, 0.25) is 5.88 Å². The molecule has 0 saturated heterocycles. The molecule has 0 aliphatic rings. The molecule has 3 heteroatoms. The summed E-state index contributed by atoms with van der Waals surface area (Å²) >= 11 is 0. The first kappa shape index (κ1) is 13.4. The molecule has 1 heterocycles. The normalized spacial score (nSPS) is 12.2. The van der Waals surface area contributed by atoms with Gasteiger partial charge in [0.05, 0.1) is 24.6 Å². The third-order valence-electron chi connectivity index (χ3n) is 3.60. The lowest BCUT2D eigenvalue weighted by Gasteiger charge is -2.13. The number of hydrogen-bond donors (Lipinski definition) is 0. The SMILES string of the molecule is CCc1c(OC)nc2cc(C(C)C#N)ccc2c1C. The van der Waals surface area contributed by atoms with Crippen molar-refractivity contribution in [3.8, 4) is 11.9 Å². The Morgan fingerprint density at radius 3 is 2.74 bits per heavy atom. The number of methoxy groups -OCH3 is 1. The van der Waals surface area contributed by atoms with E-state index in [9.17, 15) is 0 Å². The van der Waals surface area contributed by atoms with Crippen LogP contribution in [0.3, 0.4) is 0 Å². The van der Waals surface area contributed by atoms with Gasteiger partial charge < -0.3 is 4.74 Å². The summed E-state index contributed by atoms with van der Waals surface area (Å²) in [5.41, 5.74) is 4.25. The fourth-order valence-corrected chi connectivity index (χ4v) is 2.39. The van der Waals surface area contributed by atoms with E-state index in [0.717, 1.165) is 28.5 Å². The molecule has 98 valence electrons. The minimum Gasteiger partial charge on any atom is -0.481 e. The highest BCUT2D eigenvalue weighted by Gasteiger charge is 2.13. The van der Waals surface area contributed by atoms with Crippen LogP contribution in [0, 0.1) is 18.3 Å². The number of aryl methyl sites for hydroxylation is 1. The summed E-state index contributed by atoms with van der Waals surface area (Å²) in [5.74, 6) is 0.567. The van der Waals surface area contributed by atoms with Crippen molar-refractivity contribution in [1.29, 1.82) is 5.26 Å². The molecular formula is C16H18N2O.